The monoisotopic (exact) mass is 286 g/mol. The van der Waals surface area contributed by atoms with Crippen LogP contribution in [0.15, 0.2) is 47.0 Å². The Morgan fingerprint density at radius 2 is 1.76 bits per heavy atom. The lowest BCUT2D eigenvalue weighted by molar-refractivity contribution is 0.439. The molecule has 0 spiro atoms. The average Bonchev–Trinajstić information content (AvgIpc) is 2.82. The van der Waals surface area contributed by atoms with Crippen molar-refractivity contribution in [1.82, 2.24) is 5.16 Å². The fourth-order valence-electron chi connectivity index (χ4n) is 2.19. The first-order chi connectivity index (χ1) is 10.1. The zero-order valence-corrected chi connectivity index (χ0v) is 11.2. The lowest BCUT2D eigenvalue weighted by Crippen LogP contribution is -1.91. The van der Waals surface area contributed by atoms with Gasteiger partial charge in [0.15, 0.2) is 0 Å². The first kappa shape index (κ1) is 13.3. The van der Waals surface area contributed by atoms with Gasteiger partial charge >= 0.3 is 0 Å². The van der Waals surface area contributed by atoms with E-state index in [4.69, 9.17) is 10.3 Å². The number of hydrogen-bond donors (Lipinski definition) is 1. The van der Waals surface area contributed by atoms with Gasteiger partial charge < -0.3 is 10.3 Å². The van der Waals surface area contributed by atoms with Crippen molar-refractivity contribution in [1.29, 1.82) is 0 Å². The fourth-order valence-corrected chi connectivity index (χ4v) is 2.19. The summed E-state index contributed by atoms with van der Waals surface area (Å²) < 4.78 is 32.1. The first-order valence-corrected chi connectivity index (χ1v) is 6.34. The van der Waals surface area contributed by atoms with Gasteiger partial charge in [-0.2, -0.15) is 0 Å². The molecule has 2 N–H and O–H groups in total. The van der Waals surface area contributed by atoms with Gasteiger partial charge in [-0.1, -0.05) is 23.4 Å². The molecule has 0 saturated carbocycles. The van der Waals surface area contributed by atoms with Crippen LogP contribution in [0.1, 0.15) is 5.56 Å². The van der Waals surface area contributed by atoms with Gasteiger partial charge in [0.05, 0.1) is 5.56 Å². The molecule has 3 nitrogen and oxygen atoms in total. The number of nitrogens with zero attached hydrogens (tertiary/aromatic N) is 1. The number of nitrogen functional groups attached to an aromatic ring is 1. The summed E-state index contributed by atoms with van der Waals surface area (Å²) in [6, 6.07) is 10.5. The van der Waals surface area contributed by atoms with Crippen LogP contribution in [-0.4, -0.2) is 5.16 Å². The highest BCUT2D eigenvalue weighted by Crippen LogP contribution is 2.37. The quantitative estimate of drug-likeness (QED) is 0.769. The van der Waals surface area contributed by atoms with Gasteiger partial charge in [0.25, 0.3) is 0 Å². The van der Waals surface area contributed by atoms with E-state index in [2.05, 4.69) is 5.16 Å². The molecule has 0 atom stereocenters. The van der Waals surface area contributed by atoms with E-state index in [9.17, 15) is 8.78 Å². The van der Waals surface area contributed by atoms with Crippen molar-refractivity contribution in [3.05, 3.63) is 59.7 Å². The molecule has 0 bridgehead atoms. The zero-order chi connectivity index (χ0) is 15.0. The zero-order valence-electron chi connectivity index (χ0n) is 11.2. The fraction of sp³-hybridized carbons (Fsp3) is 0.0625. The summed E-state index contributed by atoms with van der Waals surface area (Å²) >= 11 is 0. The number of benzene rings is 2. The van der Waals surface area contributed by atoms with Crippen LogP contribution in [0.5, 0.6) is 0 Å². The molecule has 3 aromatic rings. The van der Waals surface area contributed by atoms with Gasteiger partial charge in [-0.15, -0.1) is 0 Å². The molecule has 0 aliphatic carbocycles. The molecule has 0 radical (unpaired) electrons. The van der Waals surface area contributed by atoms with Crippen molar-refractivity contribution in [3.8, 4) is 22.4 Å². The SMILES string of the molecule is Cc1ccc(-c2noc(N)c2-c2ccc(F)cc2)c(F)c1. The third kappa shape index (κ3) is 2.38. The molecule has 3 rings (SSSR count). The van der Waals surface area contributed by atoms with Crippen LogP contribution in [0.3, 0.4) is 0 Å². The molecule has 0 unspecified atom stereocenters. The number of anilines is 1. The molecule has 2 aromatic carbocycles. The van der Waals surface area contributed by atoms with Gasteiger partial charge in [0, 0.05) is 5.56 Å². The number of aromatic nitrogens is 1. The average molecular weight is 286 g/mol. The van der Waals surface area contributed by atoms with Gasteiger partial charge in [-0.05, 0) is 42.3 Å². The van der Waals surface area contributed by atoms with Gasteiger partial charge in [0.1, 0.15) is 17.3 Å². The van der Waals surface area contributed by atoms with Crippen molar-refractivity contribution >= 4 is 5.88 Å². The summed E-state index contributed by atoms with van der Waals surface area (Å²) in [6.07, 6.45) is 0. The number of aryl methyl sites for hydroxylation is 1. The Kier molecular flexibility index (Phi) is 3.17. The molecule has 0 amide bonds. The summed E-state index contributed by atoms with van der Waals surface area (Å²) in [7, 11) is 0. The van der Waals surface area contributed by atoms with Crippen LogP contribution in [-0.2, 0) is 0 Å². The maximum Gasteiger partial charge on any atom is 0.230 e. The Balaban J connectivity index is 2.19. The van der Waals surface area contributed by atoms with E-state index in [1.54, 1.807) is 31.2 Å². The molecule has 0 saturated heterocycles. The van der Waals surface area contributed by atoms with Crippen LogP contribution in [0.4, 0.5) is 14.7 Å². The molecular formula is C16H12F2N2O. The van der Waals surface area contributed by atoms with Crippen molar-refractivity contribution in [2.45, 2.75) is 6.92 Å². The van der Waals surface area contributed by atoms with Gasteiger partial charge in [0.2, 0.25) is 5.88 Å². The second kappa shape index (κ2) is 5.01. The van der Waals surface area contributed by atoms with E-state index >= 15 is 0 Å². The normalized spacial score (nSPS) is 10.8. The molecule has 21 heavy (non-hydrogen) atoms. The Morgan fingerprint density at radius 1 is 1.05 bits per heavy atom. The summed E-state index contributed by atoms with van der Waals surface area (Å²) in [6.45, 7) is 1.80. The Hall–Kier alpha value is -2.69. The third-order valence-corrected chi connectivity index (χ3v) is 3.23. The Labute approximate surface area is 120 Å². The Bertz CT molecular complexity index is 795. The number of halogens is 2. The van der Waals surface area contributed by atoms with Crippen LogP contribution in [0, 0.1) is 18.6 Å². The predicted molar refractivity (Wildman–Crippen MR) is 76.4 cm³/mol. The topological polar surface area (TPSA) is 52.0 Å². The maximum absolute atomic E-state index is 14.1. The standard InChI is InChI=1S/C16H12F2N2O/c1-9-2-7-12(13(18)8-9)15-14(16(19)21-20-15)10-3-5-11(17)6-4-10/h2-8H,19H2,1H3. The van der Waals surface area contributed by atoms with Crippen molar-refractivity contribution in [2.24, 2.45) is 0 Å². The van der Waals surface area contributed by atoms with Crippen LogP contribution >= 0.6 is 0 Å². The van der Waals surface area contributed by atoms with Gasteiger partial charge in [-0.3, -0.25) is 0 Å². The third-order valence-electron chi connectivity index (χ3n) is 3.23. The number of hydrogen-bond acceptors (Lipinski definition) is 3. The smallest absolute Gasteiger partial charge is 0.230 e. The largest absolute Gasteiger partial charge is 0.367 e. The van der Waals surface area contributed by atoms with E-state index in [-0.39, 0.29) is 11.7 Å². The minimum Gasteiger partial charge on any atom is -0.367 e. The summed E-state index contributed by atoms with van der Waals surface area (Å²) in [5.74, 6) is -0.708. The van der Waals surface area contributed by atoms with Crippen LogP contribution in [0.25, 0.3) is 22.4 Å². The summed E-state index contributed by atoms with van der Waals surface area (Å²) in [4.78, 5) is 0. The predicted octanol–water partition coefficient (Wildman–Crippen LogP) is 4.18. The lowest BCUT2D eigenvalue weighted by Gasteiger charge is -2.05. The van der Waals surface area contributed by atoms with Crippen molar-refractivity contribution < 1.29 is 13.3 Å². The van der Waals surface area contributed by atoms with E-state index in [0.717, 1.165) is 5.56 Å². The van der Waals surface area contributed by atoms with E-state index in [1.807, 2.05) is 0 Å². The van der Waals surface area contributed by atoms with Crippen molar-refractivity contribution in [2.75, 3.05) is 5.73 Å². The van der Waals surface area contributed by atoms with Gasteiger partial charge in [-0.25, -0.2) is 8.78 Å². The minimum absolute atomic E-state index is 0.0663. The Morgan fingerprint density at radius 3 is 2.43 bits per heavy atom. The molecule has 1 heterocycles. The van der Waals surface area contributed by atoms with E-state index in [0.29, 0.717) is 22.4 Å². The summed E-state index contributed by atoms with van der Waals surface area (Å²) in [5.41, 5.74) is 8.25. The highest BCUT2D eigenvalue weighted by atomic mass is 19.1. The van der Waals surface area contributed by atoms with E-state index in [1.165, 1.54) is 18.2 Å². The summed E-state index contributed by atoms with van der Waals surface area (Å²) in [5, 5.41) is 3.84. The second-order valence-electron chi connectivity index (χ2n) is 4.76. The van der Waals surface area contributed by atoms with E-state index < -0.39 is 5.82 Å². The lowest BCUT2D eigenvalue weighted by atomic mass is 10.00. The molecule has 5 heteroatoms. The van der Waals surface area contributed by atoms with Crippen molar-refractivity contribution in [3.63, 3.8) is 0 Å². The van der Waals surface area contributed by atoms with Crippen LogP contribution < -0.4 is 5.73 Å². The molecule has 0 aliphatic heterocycles. The maximum atomic E-state index is 14.1. The highest BCUT2D eigenvalue weighted by Gasteiger charge is 2.20. The number of nitrogens with two attached hydrogens (primary N) is 1. The molecule has 0 fully saturated rings. The molecular weight excluding hydrogens is 274 g/mol. The number of rotatable bonds is 2. The molecule has 106 valence electrons. The molecule has 0 aliphatic rings. The second-order valence-corrected chi connectivity index (χ2v) is 4.76. The highest BCUT2D eigenvalue weighted by molar-refractivity contribution is 5.86. The molecule has 1 aromatic heterocycles. The van der Waals surface area contributed by atoms with Crippen LogP contribution in [0.2, 0.25) is 0 Å². The minimum atomic E-state index is -0.410. The first-order valence-electron chi connectivity index (χ1n) is 6.34.